The highest BCUT2D eigenvalue weighted by Gasteiger charge is 2.27. The lowest BCUT2D eigenvalue weighted by molar-refractivity contribution is -0.157. The summed E-state index contributed by atoms with van der Waals surface area (Å²) in [5, 5.41) is 0. The molecule has 0 saturated heterocycles. The minimum atomic E-state index is -2.87. The minimum Gasteiger partial charge on any atom is -0.320 e. The van der Waals surface area contributed by atoms with E-state index in [9.17, 15) is 13.2 Å². The van der Waals surface area contributed by atoms with Crippen molar-refractivity contribution in [2.75, 3.05) is 6.61 Å². The number of hydrogen-bond acceptors (Lipinski definition) is 1. The molecule has 0 saturated carbocycles. The second-order valence-electron chi connectivity index (χ2n) is 2.83. The van der Waals surface area contributed by atoms with Crippen LogP contribution < -0.4 is 0 Å². The van der Waals surface area contributed by atoms with Crippen LogP contribution in [0.15, 0.2) is 0 Å². The molecule has 0 N–H and O–H groups in total. The summed E-state index contributed by atoms with van der Waals surface area (Å²) >= 11 is 0. The Balaban J connectivity index is 3.78. The fourth-order valence-electron chi connectivity index (χ4n) is 1.01. The van der Waals surface area contributed by atoms with Crippen LogP contribution in [0.1, 0.15) is 33.1 Å². The summed E-state index contributed by atoms with van der Waals surface area (Å²) in [6.07, 6.45) is 1.13. The van der Waals surface area contributed by atoms with Gasteiger partial charge in [-0.3, -0.25) is 0 Å². The third-order valence-corrected chi connectivity index (χ3v) is 1.80. The molecule has 0 aliphatic carbocycles. The standard InChI is InChI=1S/C8H15F3O/c1-3-5-8(11,4-2)6-12-7(9)10/h7H,3-6H2,1-2H3. The van der Waals surface area contributed by atoms with Crippen LogP contribution in [0.5, 0.6) is 0 Å². The Morgan fingerprint density at radius 1 is 1.33 bits per heavy atom. The van der Waals surface area contributed by atoms with Gasteiger partial charge < -0.3 is 4.74 Å². The monoisotopic (exact) mass is 184 g/mol. The molecular weight excluding hydrogens is 169 g/mol. The quantitative estimate of drug-likeness (QED) is 0.616. The van der Waals surface area contributed by atoms with Crippen molar-refractivity contribution in [1.82, 2.24) is 0 Å². The molecule has 74 valence electrons. The van der Waals surface area contributed by atoms with Crippen LogP contribution in [0.25, 0.3) is 0 Å². The smallest absolute Gasteiger partial charge is 0.320 e. The van der Waals surface area contributed by atoms with Gasteiger partial charge in [-0.15, -0.1) is 0 Å². The molecule has 0 aliphatic rings. The molecule has 0 aromatic carbocycles. The highest BCUT2D eigenvalue weighted by Crippen LogP contribution is 2.23. The van der Waals surface area contributed by atoms with Gasteiger partial charge in [-0.25, -0.2) is 4.39 Å². The zero-order valence-electron chi connectivity index (χ0n) is 7.45. The van der Waals surface area contributed by atoms with Crippen LogP contribution in [0.4, 0.5) is 13.2 Å². The molecule has 0 radical (unpaired) electrons. The molecule has 0 spiro atoms. The third-order valence-electron chi connectivity index (χ3n) is 1.80. The van der Waals surface area contributed by atoms with Gasteiger partial charge in [0.25, 0.3) is 0 Å². The van der Waals surface area contributed by atoms with Gasteiger partial charge in [-0.1, -0.05) is 20.3 Å². The van der Waals surface area contributed by atoms with Crippen LogP contribution in [0.2, 0.25) is 0 Å². The van der Waals surface area contributed by atoms with Crippen molar-refractivity contribution < 1.29 is 17.9 Å². The second-order valence-corrected chi connectivity index (χ2v) is 2.83. The fourth-order valence-corrected chi connectivity index (χ4v) is 1.01. The first-order valence-electron chi connectivity index (χ1n) is 4.12. The zero-order chi connectivity index (χ0) is 9.61. The maximum absolute atomic E-state index is 13.4. The fraction of sp³-hybridized carbons (Fsp3) is 1.00. The van der Waals surface area contributed by atoms with E-state index in [1.165, 1.54) is 0 Å². The average Bonchev–Trinajstić information content (AvgIpc) is 2.02. The Kier molecular flexibility index (Phi) is 5.29. The molecule has 0 amide bonds. The van der Waals surface area contributed by atoms with E-state index in [1.807, 2.05) is 6.92 Å². The van der Waals surface area contributed by atoms with Crippen molar-refractivity contribution in [3.05, 3.63) is 0 Å². The van der Waals surface area contributed by atoms with E-state index in [0.29, 0.717) is 6.42 Å². The zero-order valence-corrected chi connectivity index (χ0v) is 7.45. The lowest BCUT2D eigenvalue weighted by atomic mass is 9.98. The second kappa shape index (κ2) is 5.41. The largest absolute Gasteiger partial charge is 0.345 e. The summed E-state index contributed by atoms with van der Waals surface area (Å²) in [6, 6.07) is 0. The molecule has 1 nitrogen and oxygen atoms in total. The van der Waals surface area contributed by atoms with E-state index in [4.69, 9.17) is 0 Å². The van der Waals surface area contributed by atoms with Crippen molar-refractivity contribution in [3.8, 4) is 0 Å². The van der Waals surface area contributed by atoms with E-state index in [1.54, 1.807) is 6.92 Å². The molecule has 0 heterocycles. The van der Waals surface area contributed by atoms with Gasteiger partial charge in [0.15, 0.2) is 0 Å². The van der Waals surface area contributed by atoms with Crippen LogP contribution in [-0.4, -0.2) is 18.9 Å². The third kappa shape index (κ3) is 4.59. The average molecular weight is 184 g/mol. The lowest BCUT2D eigenvalue weighted by Crippen LogP contribution is -2.29. The molecule has 12 heavy (non-hydrogen) atoms. The molecule has 1 unspecified atom stereocenters. The number of alkyl halides is 3. The number of halogens is 3. The van der Waals surface area contributed by atoms with Gasteiger partial charge in [0.1, 0.15) is 5.67 Å². The number of rotatable bonds is 6. The van der Waals surface area contributed by atoms with Gasteiger partial charge in [0.05, 0.1) is 6.61 Å². The Hall–Kier alpha value is -0.250. The molecule has 0 aromatic rings. The summed E-state index contributed by atoms with van der Waals surface area (Å²) in [5.41, 5.74) is -1.58. The Bertz CT molecular complexity index is 119. The summed E-state index contributed by atoms with van der Waals surface area (Å²) in [6.45, 7) is 0.0646. The molecular formula is C8H15F3O. The number of hydrogen-bond donors (Lipinski definition) is 0. The molecule has 0 aromatic heterocycles. The Labute approximate surface area is 70.9 Å². The number of ether oxygens (including phenoxy) is 1. The van der Waals surface area contributed by atoms with E-state index >= 15 is 0 Å². The highest BCUT2D eigenvalue weighted by atomic mass is 19.3. The van der Waals surface area contributed by atoms with Gasteiger partial charge in [0.2, 0.25) is 0 Å². The van der Waals surface area contributed by atoms with Gasteiger partial charge in [-0.2, -0.15) is 8.78 Å². The van der Waals surface area contributed by atoms with Crippen LogP contribution in [0.3, 0.4) is 0 Å². The minimum absolute atomic E-state index is 0.216. The SMILES string of the molecule is CCCC(F)(CC)COC(F)F. The van der Waals surface area contributed by atoms with Crippen LogP contribution in [-0.2, 0) is 4.74 Å². The van der Waals surface area contributed by atoms with Crippen LogP contribution in [0, 0.1) is 0 Å². The van der Waals surface area contributed by atoms with Crippen molar-refractivity contribution in [2.45, 2.75) is 45.4 Å². The Morgan fingerprint density at radius 2 is 1.92 bits per heavy atom. The summed E-state index contributed by atoms with van der Waals surface area (Å²) in [7, 11) is 0. The molecule has 4 heteroatoms. The predicted molar refractivity (Wildman–Crippen MR) is 41.0 cm³/mol. The maximum Gasteiger partial charge on any atom is 0.345 e. The van der Waals surface area contributed by atoms with Crippen molar-refractivity contribution in [2.24, 2.45) is 0 Å². The first-order chi connectivity index (χ1) is 5.54. The first-order valence-corrected chi connectivity index (χ1v) is 4.12. The molecule has 0 fully saturated rings. The molecule has 0 aliphatic heterocycles. The molecule has 0 bridgehead atoms. The van der Waals surface area contributed by atoms with Crippen molar-refractivity contribution >= 4 is 0 Å². The van der Waals surface area contributed by atoms with Gasteiger partial charge in [-0.05, 0) is 12.8 Å². The maximum atomic E-state index is 13.4. The molecule has 0 rings (SSSR count). The van der Waals surface area contributed by atoms with E-state index in [0.717, 1.165) is 0 Å². The van der Waals surface area contributed by atoms with Gasteiger partial charge in [0, 0.05) is 0 Å². The summed E-state index contributed by atoms with van der Waals surface area (Å²) in [5.74, 6) is 0. The summed E-state index contributed by atoms with van der Waals surface area (Å²) < 4.78 is 40.5. The van der Waals surface area contributed by atoms with Crippen LogP contribution >= 0.6 is 0 Å². The predicted octanol–water partition coefficient (Wildman–Crippen LogP) is 3.14. The first kappa shape index (κ1) is 11.8. The topological polar surface area (TPSA) is 9.23 Å². The highest BCUT2D eigenvalue weighted by molar-refractivity contribution is 4.76. The van der Waals surface area contributed by atoms with E-state index in [-0.39, 0.29) is 12.8 Å². The molecule has 1 atom stereocenters. The van der Waals surface area contributed by atoms with Crippen molar-refractivity contribution in [1.29, 1.82) is 0 Å². The Morgan fingerprint density at radius 3 is 2.25 bits per heavy atom. The van der Waals surface area contributed by atoms with E-state index in [2.05, 4.69) is 4.74 Å². The normalized spacial score (nSPS) is 16.5. The summed E-state index contributed by atoms with van der Waals surface area (Å²) in [4.78, 5) is 0. The van der Waals surface area contributed by atoms with E-state index < -0.39 is 18.9 Å². The lowest BCUT2D eigenvalue weighted by Gasteiger charge is -2.22. The van der Waals surface area contributed by atoms with Crippen molar-refractivity contribution in [3.63, 3.8) is 0 Å². The van der Waals surface area contributed by atoms with Gasteiger partial charge >= 0.3 is 6.61 Å².